The van der Waals surface area contributed by atoms with E-state index in [1.165, 1.54) is 17.7 Å². The highest BCUT2D eigenvalue weighted by Crippen LogP contribution is 2.31. The van der Waals surface area contributed by atoms with E-state index in [0.29, 0.717) is 18.4 Å². The van der Waals surface area contributed by atoms with Crippen molar-refractivity contribution in [3.63, 3.8) is 0 Å². The monoisotopic (exact) mass is 330 g/mol. The minimum absolute atomic E-state index is 0.279. The van der Waals surface area contributed by atoms with Crippen LogP contribution < -0.4 is 0 Å². The van der Waals surface area contributed by atoms with Gasteiger partial charge in [-0.05, 0) is 30.7 Å². The average Bonchev–Trinajstić information content (AvgIpc) is 3.31. The second kappa shape index (κ2) is 6.43. The standard InChI is InChI=1S/C17H22N4OS/c22-16-8-7-12(11-21(16)13-4-1-2-5-13)17-18-15(19-20-17)10-14-6-3-9-23-14/h3,6,9,12-13H,1-2,4-5,7-8,10-11H2,(H,18,19,20). The first-order chi connectivity index (χ1) is 11.3. The van der Waals surface area contributed by atoms with Crippen LogP contribution >= 0.6 is 11.3 Å². The molecule has 2 aromatic heterocycles. The Morgan fingerprint density at radius 3 is 2.96 bits per heavy atom. The molecule has 23 heavy (non-hydrogen) atoms. The molecule has 1 aliphatic heterocycles. The van der Waals surface area contributed by atoms with E-state index < -0.39 is 0 Å². The molecule has 5 nitrogen and oxygen atoms in total. The van der Waals surface area contributed by atoms with Crippen molar-refractivity contribution in [2.24, 2.45) is 0 Å². The summed E-state index contributed by atoms with van der Waals surface area (Å²) in [5.74, 6) is 2.41. The van der Waals surface area contributed by atoms with Gasteiger partial charge in [-0.2, -0.15) is 5.10 Å². The maximum Gasteiger partial charge on any atom is 0.222 e. The van der Waals surface area contributed by atoms with Crippen LogP contribution in [-0.2, 0) is 11.2 Å². The highest BCUT2D eigenvalue weighted by Gasteiger charge is 2.34. The van der Waals surface area contributed by atoms with Crippen molar-refractivity contribution in [3.8, 4) is 0 Å². The van der Waals surface area contributed by atoms with Gasteiger partial charge >= 0.3 is 0 Å². The number of rotatable bonds is 4. The normalized spacial score (nSPS) is 22.9. The van der Waals surface area contributed by atoms with Crippen LogP contribution in [0.2, 0.25) is 0 Å². The smallest absolute Gasteiger partial charge is 0.222 e. The number of aromatic amines is 1. The molecule has 1 amide bonds. The Balaban J connectivity index is 1.45. The van der Waals surface area contributed by atoms with Crippen LogP contribution in [0.4, 0.5) is 0 Å². The van der Waals surface area contributed by atoms with Crippen LogP contribution in [0.15, 0.2) is 17.5 Å². The number of thiophene rings is 1. The van der Waals surface area contributed by atoms with Gasteiger partial charge in [0.05, 0.1) is 0 Å². The molecule has 1 saturated carbocycles. The summed E-state index contributed by atoms with van der Waals surface area (Å²) >= 11 is 1.74. The van der Waals surface area contributed by atoms with E-state index in [0.717, 1.165) is 43.9 Å². The summed E-state index contributed by atoms with van der Waals surface area (Å²) in [6.45, 7) is 0.791. The van der Waals surface area contributed by atoms with Gasteiger partial charge in [-0.15, -0.1) is 11.3 Å². The zero-order valence-corrected chi connectivity index (χ0v) is 14.0. The first-order valence-electron chi connectivity index (χ1n) is 8.52. The third-order valence-electron chi connectivity index (χ3n) is 5.05. The fourth-order valence-electron chi connectivity index (χ4n) is 3.80. The number of hydrogen-bond acceptors (Lipinski definition) is 4. The lowest BCUT2D eigenvalue weighted by atomic mass is 9.95. The van der Waals surface area contributed by atoms with Gasteiger partial charge in [-0.25, -0.2) is 4.98 Å². The van der Waals surface area contributed by atoms with Gasteiger partial charge < -0.3 is 4.90 Å². The molecule has 1 aliphatic carbocycles. The van der Waals surface area contributed by atoms with Crippen LogP contribution in [0.25, 0.3) is 0 Å². The third kappa shape index (κ3) is 3.17. The number of carbonyl (C=O) groups excluding carboxylic acids is 1. The number of nitrogens with one attached hydrogen (secondary N) is 1. The van der Waals surface area contributed by atoms with Crippen molar-refractivity contribution in [1.82, 2.24) is 20.1 Å². The zero-order valence-electron chi connectivity index (χ0n) is 13.2. The summed E-state index contributed by atoms with van der Waals surface area (Å²) in [4.78, 5) is 20.3. The second-order valence-electron chi connectivity index (χ2n) is 6.62. The van der Waals surface area contributed by atoms with E-state index in [-0.39, 0.29) is 5.92 Å². The lowest BCUT2D eigenvalue weighted by molar-refractivity contribution is -0.136. The van der Waals surface area contributed by atoms with E-state index in [1.54, 1.807) is 11.3 Å². The Kier molecular flexibility index (Phi) is 4.16. The maximum absolute atomic E-state index is 12.3. The molecule has 1 saturated heterocycles. The first kappa shape index (κ1) is 14.9. The van der Waals surface area contributed by atoms with Gasteiger partial charge in [0.1, 0.15) is 5.82 Å². The van der Waals surface area contributed by atoms with Crippen LogP contribution in [0.3, 0.4) is 0 Å². The van der Waals surface area contributed by atoms with Gasteiger partial charge in [0.2, 0.25) is 5.91 Å². The number of carbonyl (C=O) groups is 1. The molecule has 1 atom stereocenters. The number of piperidine rings is 1. The fraction of sp³-hybridized carbons (Fsp3) is 0.588. The quantitative estimate of drug-likeness (QED) is 0.937. The number of aromatic nitrogens is 3. The largest absolute Gasteiger partial charge is 0.339 e. The molecule has 0 spiro atoms. The Labute approximate surface area is 140 Å². The minimum atomic E-state index is 0.279. The van der Waals surface area contributed by atoms with Crippen molar-refractivity contribution in [2.75, 3.05) is 6.54 Å². The molecule has 1 unspecified atom stereocenters. The lowest BCUT2D eigenvalue weighted by Crippen LogP contribution is -2.44. The van der Waals surface area contributed by atoms with Crippen LogP contribution in [0.5, 0.6) is 0 Å². The first-order valence-corrected chi connectivity index (χ1v) is 9.40. The Morgan fingerprint density at radius 2 is 2.17 bits per heavy atom. The van der Waals surface area contributed by atoms with Crippen molar-refractivity contribution in [2.45, 2.75) is 56.9 Å². The number of likely N-dealkylation sites (tertiary alicyclic amines) is 1. The molecular formula is C17H22N4OS. The van der Waals surface area contributed by atoms with E-state index in [2.05, 4.69) is 32.6 Å². The third-order valence-corrected chi connectivity index (χ3v) is 5.92. The van der Waals surface area contributed by atoms with E-state index in [4.69, 9.17) is 4.98 Å². The number of amides is 1. The fourth-order valence-corrected chi connectivity index (χ4v) is 4.51. The molecule has 0 bridgehead atoms. The molecule has 2 fully saturated rings. The summed E-state index contributed by atoms with van der Waals surface area (Å²) in [7, 11) is 0. The van der Waals surface area contributed by atoms with Crippen LogP contribution in [0.1, 0.15) is 61.0 Å². The SMILES string of the molecule is O=C1CCC(c2n[nH]c(Cc3cccs3)n2)CN1C1CCCC1. The van der Waals surface area contributed by atoms with Gasteiger partial charge in [-0.1, -0.05) is 18.9 Å². The summed E-state index contributed by atoms with van der Waals surface area (Å²) < 4.78 is 0. The molecule has 6 heteroatoms. The van der Waals surface area contributed by atoms with Gasteiger partial charge in [0.15, 0.2) is 5.82 Å². The Bertz CT molecular complexity index is 660. The van der Waals surface area contributed by atoms with E-state index in [9.17, 15) is 4.79 Å². The molecule has 4 rings (SSSR count). The summed E-state index contributed by atoms with van der Waals surface area (Å²) in [5.41, 5.74) is 0. The predicted molar refractivity (Wildman–Crippen MR) is 89.5 cm³/mol. The summed E-state index contributed by atoms with van der Waals surface area (Å²) in [5, 5.41) is 9.60. The van der Waals surface area contributed by atoms with Crippen LogP contribution in [0, 0.1) is 0 Å². The minimum Gasteiger partial charge on any atom is -0.339 e. The molecule has 122 valence electrons. The van der Waals surface area contributed by atoms with Crippen LogP contribution in [-0.4, -0.2) is 38.6 Å². The summed E-state index contributed by atoms with van der Waals surface area (Å²) in [6.07, 6.45) is 7.15. The van der Waals surface area contributed by atoms with Gasteiger partial charge in [0.25, 0.3) is 0 Å². The van der Waals surface area contributed by atoms with Crippen molar-refractivity contribution in [3.05, 3.63) is 34.0 Å². The van der Waals surface area contributed by atoms with Crippen molar-refractivity contribution < 1.29 is 4.79 Å². The zero-order chi connectivity index (χ0) is 15.6. The van der Waals surface area contributed by atoms with E-state index >= 15 is 0 Å². The predicted octanol–water partition coefficient (Wildman–Crippen LogP) is 3.11. The number of H-pyrrole nitrogens is 1. The number of hydrogen-bond donors (Lipinski definition) is 1. The molecule has 3 heterocycles. The highest BCUT2D eigenvalue weighted by atomic mass is 32.1. The molecule has 0 radical (unpaired) electrons. The second-order valence-corrected chi connectivity index (χ2v) is 7.65. The van der Waals surface area contributed by atoms with Crippen molar-refractivity contribution in [1.29, 1.82) is 0 Å². The lowest BCUT2D eigenvalue weighted by Gasteiger charge is -2.35. The van der Waals surface area contributed by atoms with Gasteiger partial charge in [-0.3, -0.25) is 9.89 Å². The highest BCUT2D eigenvalue weighted by molar-refractivity contribution is 7.09. The molecule has 2 aromatic rings. The maximum atomic E-state index is 12.3. The van der Waals surface area contributed by atoms with E-state index in [1.807, 2.05) is 0 Å². The summed E-state index contributed by atoms with van der Waals surface area (Å²) in [6, 6.07) is 4.63. The Morgan fingerprint density at radius 1 is 1.30 bits per heavy atom. The molecule has 2 aliphatic rings. The topological polar surface area (TPSA) is 61.9 Å². The van der Waals surface area contributed by atoms with Crippen molar-refractivity contribution >= 4 is 17.2 Å². The van der Waals surface area contributed by atoms with Gasteiger partial charge in [0, 0.05) is 36.2 Å². The Hall–Kier alpha value is -1.69. The average molecular weight is 330 g/mol. The molecule has 0 aromatic carbocycles. The number of nitrogens with zero attached hydrogens (tertiary/aromatic N) is 3. The molecular weight excluding hydrogens is 308 g/mol. The molecule has 1 N–H and O–H groups in total.